The molecule has 0 spiro atoms. The van der Waals surface area contributed by atoms with E-state index in [1.165, 1.54) is 23.1 Å². The highest BCUT2D eigenvalue weighted by Crippen LogP contribution is 2.39. The van der Waals surface area contributed by atoms with E-state index < -0.39 is 0 Å². The van der Waals surface area contributed by atoms with Crippen molar-refractivity contribution in [2.24, 2.45) is 0 Å². The number of aromatic nitrogens is 5. The van der Waals surface area contributed by atoms with E-state index in [-0.39, 0.29) is 11.5 Å². The summed E-state index contributed by atoms with van der Waals surface area (Å²) < 4.78 is 2.16. The molecule has 170 valence electrons. The van der Waals surface area contributed by atoms with Gasteiger partial charge in [0.15, 0.2) is 5.16 Å². The van der Waals surface area contributed by atoms with Crippen LogP contribution in [0.4, 0.5) is 5.69 Å². The number of benzene rings is 1. The number of fused-ring (bicyclic) bond motifs is 1. The fourth-order valence-corrected chi connectivity index (χ4v) is 5.96. The number of anilines is 1. The lowest BCUT2D eigenvalue weighted by molar-refractivity contribution is 0.103. The summed E-state index contributed by atoms with van der Waals surface area (Å²) in [5.41, 5.74) is 3.31. The number of thiophene rings is 1. The standard InChI is InChI=1S/C23H24N6O2S2/c1-11-5-8-16(12(2)9-11)24-21(31)19-13(3)18-20(30)25-17(26-22(18)33-19)10-32-23-28-27-14(4)29(23)15-6-7-15/h5,8-9,15H,6-7,10H2,1-4H3,(H,24,31)(H,25,26,30). The van der Waals surface area contributed by atoms with Gasteiger partial charge in [-0.05, 0) is 57.7 Å². The van der Waals surface area contributed by atoms with E-state index in [0.717, 1.165) is 40.6 Å². The molecule has 33 heavy (non-hydrogen) atoms. The number of hydrogen-bond acceptors (Lipinski definition) is 7. The van der Waals surface area contributed by atoms with E-state index in [9.17, 15) is 9.59 Å². The Labute approximate surface area is 198 Å². The predicted molar refractivity (Wildman–Crippen MR) is 131 cm³/mol. The maximum absolute atomic E-state index is 13.0. The lowest BCUT2D eigenvalue weighted by atomic mass is 10.1. The first-order valence-electron chi connectivity index (χ1n) is 10.8. The van der Waals surface area contributed by atoms with Gasteiger partial charge in [-0.25, -0.2) is 4.98 Å². The third kappa shape index (κ3) is 4.20. The van der Waals surface area contributed by atoms with Crippen LogP contribution in [-0.4, -0.2) is 30.6 Å². The number of hydrogen-bond donors (Lipinski definition) is 2. The van der Waals surface area contributed by atoms with Crippen LogP contribution in [0.25, 0.3) is 10.2 Å². The van der Waals surface area contributed by atoms with Crippen molar-refractivity contribution < 1.29 is 4.79 Å². The first-order valence-corrected chi connectivity index (χ1v) is 12.6. The first kappa shape index (κ1) is 21.8. The SMILES string of the molecule is Cc1ccc(NC(=O)c2sc3nc(CSc4nnc(C)n4C4CC4)[nH]c(=O)c3c2C)c(C)c1. The number of carbonyl (C=O) groups excluding carboxylic acids is 1. The molecule has 3 heterocycles. The highest BCUT2D eigenvalue weighted by Gasteiger charge is 2.28. The van der Waals surface area contributed by atoms with Crippen molar-refractivity contribution >= 4 is 44.9 Å². The fourth-order valence-electron chi connectivity index (χ4n) is 3.94. The van der Waals surface area contributed by atoms with Crippen LogP contribution in [0.3, 0.4) is 0 Å². The molecule has 1 aliphatic carbocycles. The van der Waals surface area contributed by atoms with Crippen molar-refractivity contribution in [1.82, 2.24) is 24.7 Å². The van der Waals surface area contributed by atoms with Crippen LogP contribution in [0.1, 0.15) is 56.9 Å². The summed E-state index contributed by atoms with van der Waals surface area (Å²) in [6.45, 7) is 7.73. The second-order valence-electron chi connectivity index (χ2n) is 8.44. The van der Waals surface area contributed by atoms with E-state index >= 15 is 0 Å². The number of H-pyrrole nitrogens is 1. The van der Waals surface area contributed by atoms with Crippen molar-refractivity contribution in [1.29, 1.82) is 0 Å². The van der Waals surface area contributed by atoms with Gasteiger partial charge in [0.25, 0.3) is 11.5 Å². The van der Waals surface area contributed by atoms with Crippen molar-refractivity contribution in [3.8, 4) is 0 Å². The number of thioether (sulfide) groups is 1. The summed E-state index contributed by atoms with van der Waals surface area (Å²) >= 11 is 2.76. The Morgan fingerprint density at radius 1 is 1.24 bits per heavy atom. The van der Waals surface area contributed by atoms with E-state index in [2.05, 4.69) is 30.0 Å². The lowest BCUT2D eigenvalue weighted by Crippen LogP contribution is -2.13. The smallest absolute Gasteiger partial charge is 0.266 e. The van der Waals surface area contributed by atoms with Crippen LogP contribution in [0.15, 0.2) is 28.2 Å². The third-order valence-electron chi connectivity index (χ3n) is 5.77. The Bertz CT molecular complexity index is 1450. The van der Waals surface area contributed by atoms with Gasteiger partial charge in [0, 0.05) is 11.7 Å². The zero-order chi connectivity index (χ0) is 23.3. The summed E-state index contributed by atoms with van der Waals surface area (Å²) in [6, 6.07) is 6.36. The molecule has 2 N–H and O–H groups in total. The molecule has 1 aromatic carbocycles. The van der Waals surface area contributed by atoms with Gasteiger partial charge in [0.1, 0.15) is 16.5 Å². The summed E-state index contributed by atoms with van der Waals surface area (Å²) in [4.78, 5) is 34.4. The second kappa shape index (κ2) is 8.42. The highest BCUT2D eigenvalue weighted by molar-refractivity contribution is 7.98. The molecule has 5 rings (SSSR count). The minimum absolute atomic E-state index is 0.227. The normalized spacial score (nSPS) is 13.6. The Morgan fingerprint density at radius 3 is 2.76 bits per heavy atom. The second-order valence-corrected chi connectivity index (χ2v) is 10.4. The van der Waals surface area contributed by atoms with Crippen molar-refractivity contribution in [3.63, 3.8) is 0 Å². The molecular weight excluding hydrogens is 456 g/mol. The molecular formula is C23H24N6O2S2. The summed E-state index contributed by atoms with van der Waals surface area (Å²) in [6.07, 6.45) is 2.30. The van der Waals surface area contributed by atoms with E-state index in [1.54, 1.807) is 6.92 Å². The average molecular weight is 481 g/mol. The van der Waals surface area contributed by atoms with Crippen molar-refractivity contribution in [2.75, 3.05) is 5.32 Å². The van der Waals surface area contributed by atoms with E-state index in [1.807, 2.05) is 39.0 Å². The Morgan fingerprint density at radius 2 is 2.03 bits per heavy atom. The van der Waals surface area contributed by atoms with Crippen LogP contribution in [0.2, 0.25) is 0 Å². The Kier molecular flexibility index (Phi) is 5.57. The van der Waals surface area contributed by atoms with Gasteiger partial charge in [-0.3, -0.25) is 9.59 Å². The van der Waals surface area contributed by atoms with Gasteiger partial charge in [-0.15, -0.1) is 21.5 Å². The number of rotatable bonds is 6. The molecule has 0 unspecified atom stereocenters. The van der Waals surface area contributed by atoms with E-state index in [0.29, 0.717) is 38.3 Å². The number of nitrogens with zero attached hydrogens (tertiary/aromatic N) is 4. The van der Waals surface area contributed by atoms with E-state index in [4.69, 9.17) is 0 Å². The van der Waals surface area contributed by atoms with Crippen molar-refractivity contribution in [3.05, 3.63) is 61.8 Å². The molecule has 4 aromatic rings. The fraction of sp³-hybridized carbons (Fsp3) is 0.348. The summed E-state index contributed by atoms with van der Waals surface area (Å²) in [7, 11) is 0. The Hall–Kier alpha value is -2.98. The molecule has 0 atom stereocenters. The van der Waals surface area contributed by atoms with Gasteiger partial charge in [-0.2, -0.15) is 0 Å². The van der Waals surface area contributed by atoms with Crippen LogP contribution in [-0.2, 0) is 5.75 Å². The number of aromatic amines is 1. The molecule has 8 nitrogen and oxygen atoms in total. The summed E-state index contributed by atoms with van der Waals surface area (Å²) in [5, 5.41) is 12.8. The maximum atomic E-state index is 13.0. The monoisotopic (exact) mass is 480 g/mol. The Balaban J connectivity index is 1.40. The molecule has 1 saturated carbocycles. The molecule has 0 saturated heterocycles. The largest absolute Gasteiger partial charge is 0.321 e. The zero-order valence-electron chi connectivity index (χ0n) is 18.9. The van der Waals surface area contributed by atoms with Crippen LogP contribution < -0.4 is 10.9 Å². The maximum Gasteiger partial charge on any atom is 0.266 e. The zero-order valence-corrected chi connectivity index (χ0v) is 20.5. The van der Waals surface area contributed by atoms with Crippen LogP contribution >= 0.6 is 23.1 Å². The molecule has 10 heteroatoms. The molecule has 1 aliphatic rings. The van der Waals surface area contributed by atoms with Gasteiger partial charge in [0.2, 0.25) is 0 Å². The average Bonchev–Trinajstić information content (AvgIpc) is 3.45. The minimum Gasteiger partial charge on any atom is -0.321 e. The minimum atomic E-state index is -0.231. The molecule has 3 aromatic heterocycles. The van der Waals surface area contributed by atoms with Crippen LogP contribution in [0, 0.1) is 27.7 Å². The van der Waals surface area contributed by atoms with Crippen LogP contribution in [0.5, 0.6) is 0 Å². The molecule has 0 aliphatic heterocycles. The van der Waals surface area contributed by atoms with Crippen molar-refractivity contribution in [2.45, 2.75) is 57.5 Å². The quantitative estimate of drug-likeness (QED) is 0.388. The summed E-state index contributed by atoms with van der Waals surface area (Å²) in [5.74, 6) is 1.70. The number of aryl methyl sites for hydroxylation is 4. The van der Waals surface area contributed by atoms with Gasteiger partial charge in [0.05, 0.1) is 16.0 Å². The molecule has 1 amide bonds. The molecule has 0 radical (unpaired) electrons. The van der Waals surface area contributed by atoms with Gasteiger partial charge in [-0.1, -0.05) is 29.5 Å². The molecule has 0 bridgehead atoms. The molecule has 1 fully saturated rings. The highest BCUT2D eigenvalue weighted by atomic mass is 32.2. The third-order valence-corrected chi connectivity index (χ3v) is 7.91. The lowest BCUT2D eigenvalue weighted by Gasteiger charge is -2.08. The van der Waals surface area contributed by atoms with Gasteiger partial charge >= 0.3 is 0 Å². The number of carbonyl (C=O) groups is 1. The first-order chi connectivity index (χ1) is 15.8. The van der Waals surface area contributed by atoms with Gasteiger partial charge < -0.3 is 14.9 Å². The topological polar surface area (TPSA) is 106 Å². The number of amides is 1. The number of nitrogens with one attached hydrogen (secondary N) is 2. The predicted octanol–water partition coefficient (Wildman–Crippen LogP) is 4.69.